The smallest absolute Gasteiger partial charge is 0.0705 e. The van der Waals surface area contributed by atoms with E-state index in [1.165, 1.54) is 0 Å². The average molecular weight is 152 g/mol. The van der Waals surface area contributed by atoms with Gasteiger partial charge in [-0.1, -0.05) is 6.92 Å². The monoisotopic (exact) mass is 151 g/mol. The van der Waals surface area contributed by atoms with Gasteiger partial charge in [0.15, 0.2) is 0 Å². The summed E-state index contributed by atoms with van der Waals surface area (Å²) in [7, 11) is 0. The van der Waals surface area contributed by atoms with Crippen molar-refractivity contribution >= 4 is 12.4 Å². The predicted octanol–water partition coefficient (Wildman–Crippen LogP) is 0.541. The van der Waals surface area contributed by atoms with Crippen LogP contribution in [-0.4, -0.2) is 23.8 Å². The van der Waals surface area contributed by atoms with Gasteiger partial charge in [0.2, 0.25) is 0 Å². The van der Waals surface area contributed by atoms with Crippen molar-refractivity contribution in [2.24, 2.45) is 0 Å². The lowest BCUT2D eigenvalue weighted by molar-refractivity contribution is 0.157. The second-order valence-corrected chi connectivity index (χ2v) is 2.32. The van der Waals surface area contributed by atoms with Gasteiger partial charge in [-0.25, -0.2) is 0 Å². The van der Waals surface area contributed by atoms with E-state index in [9.17, 15) is 0 Å². The number of nitrogens with one attached hydrogen (secondary N) is 1. The Morgan fingerprint density at radius 1 is 1.67 bits per heavy atom. The van der Waals surface area contributed by atoms with E-state index < -0.39 is 0 Å². The molecule has 0 unspecified atom stereocenters. The SMILES string of the molecule is CC[C@@H]1NCC[C@@H]1O.Cl. The zero-order valence-electron chi connectivity index (χ0n) is 5.63. The molecular weight excluding hydrogens is 138 g/mol. The van der Waals surface area contributed by atoms with Crippen LogP contribution >= 0.6 is 12.4 Å². The molecule has 1 aliphatic heterocycles. The van der Waals surface area contributed by atoms with E-state index >= 15 is 0 Å². The van der Waals surface area contributed by atoms with Crippen molar-refractivity contribution in [1.29, 1.82) is 0 Å². The van der Waals surface area contributed by atoms with Crippen LogP contribution in [0.1, 0.15) is 19.8 Å². The molecule has 0 amide bonds. The van der Waals surface area contributed by atoms with Crippen molar-refractivity contribution < 1.29 is 5.11 Å². The highest BCUT2D eigenvalue weighted by Crippen LogP contribution is 2.08. The fraction of sp³-hybridized carbons (Fsp3) is 1.00. The fourth-order valence-corrected chi connectivity index (χ4v) is 1.17. The summed E-state index contributed by atoms with van der Waals surface area (Å²) in [6, 6.07) is 0.370. The summed E-state index contributed by atoms with van der Waals surface area (Å²) < 4.78 is 0. The van der Waals surface area contributed by atoms with Crippen LogP contribution in [0.4, 0.5) is 0 Å². The summed E-state index contributed by atoms with van der Waals surface area (Å²) in [6.45, 7) is 3.08. The third kappa shape index (κ3) is 2.12. The first-order valence-electron chi connectivity index (χ1n) is 3.26. The maximum absolute atomic E-state index is 9.13. The van der Waals surface area contributed by atoms with Crippen molar-refractivity contribution in [2.75, 3.05) is 6.54 Å². The van der Waals surface area contributed by atoms with Crippen LogP contribution < -0.4 is 5.32 Å². The van der Waals surface area contributed by atoms with E-state index in [0.29, 0.717) is 6.04 Å². The van der Waals surface area contributed by atoms with Gasteiger partial charge in [0.1, 0.15) is 0 Å². The van der Waals surface area contributed by atoms with Gasteiger partial charge in [-0.05, 0) is 19.4 Å². The van der Waals surface area contributed by atoms with Crippen molar-refractivity contribution in [3.05, 3.63) is 0 Å². The number of aliphatic hydroxyl groups is 1. The Morgan fingerprint density at radius 2 is 2.33 bits per heavy atom. The minimum absolute atomic E-state index is 0. The molecule has 2 atom stereocenters. The molecule has 9 heavy (non-hydrogen) atoms. The number of hydrogen-bond acceptors (Lipinski definition) is 2. The molecule has 2 N–H and O–H groups in total. The first-order chi connectivity index (χ1) is 3.84. The molecular formula is C6H14ClNO. The van der Waals surface area contributed by atoms with Gasteiger partial charge in [0.25, 0.3) is 0 Å². The van der Waals surface area contributed by atoms with Gasteiger partial charge in [-0.2, -0.15) is 0 Å². The Bertz CT molecular complexity index is 79.5. The van der Waals surface area contributed by atoms with Crippen molar-refractivity contribution in [2.45, 2.75) is 31.9 Å². The van der Waals surface area contributed by atoms with Crippen molar-refractivity contribution in [3.63, 3.8) is 0 Å². The van der Waals surface area contributed by atoms with Crippen LogP contribution in [-0.2, 0) is 0 Å². The Balaban J connectivity index is 0.000000640. The van der Waals surface area contributed by atoms with E-state index in [0.717, 1.165) is 19.4 Å². The molecule has 0 aromatic carbocycles. The molecule has 1 aliphatic rings. The van der Waals surface area contributed by atoms with E-state index in [2.05, 4.69) is 12.2 Å². The first kappa shape index (κ1) is 9.21. The standard InChI is InChI=1S/C6H13NO.ClH/c1-2-5-6(8)3-4-7-5;/h5-8H,2-4H2,1H3;1H/t5-,6-;/m0./s1. The summed E-state index contributed by atoms with van der Waals surface area (Å²) in [5.74, 6) is 0. The Labute approximate surface area is 62.1 Å². The average Bonchev–Trinajstić information content (AvgIpc) is 2.14. The lowest BCUT2D eigenvalue weighted by Gasteiger charge is -2.09. The molecule has 0 bridgehead atoms. The molecule has 0 spiro atoms. The van der Waals surface area contributed by atoms with Crippen LogP contribution in [0.15, 0.2) is 0 Å². The molecule has 0 aromatic heterocycles. The van der Waals surface area contributed by atoms with Gasteiger partial charge >= 0.3 is 0 Å². The summed E-state index contributed by atoms with van der Waals surface area (Å²) in [5, 5.41) is 12.3. The lowest BCUT2D eigenvalue weighted by Crippen LogP contribution is -2.28. The van der Waals surface area contributed by atoms with Crippen LogP contribution in [0.2, 0.25) is 0 Å². The van der Waals surface area contributed by atoms with Gasteiger partial charge in [0.05, 0.1) is 6.10 Å². The summed E-state index contributed by atoms with van der Waals surface area (Å²) in [6.07, 6.45) is 1.89. The zero-order chi connectivity index (χ0) is 5.98. The van der Waals surface area contributed by atoms with Crippen LogP contribution in [0.3, 0.4) is 0 Å². The molecule has 0 aliphatic carbocycles. The Kier molecular flexibility index (Phi) is 4.19. The van der Waals surface area contributed by atoms with E-state index in [1.807, 2.05) is 0 Å². The summed E-state index contributed by atoms with van der Waals surface area (Å²) >= 11 is 0. The van der Waals surface area contributed by atoms with E-state index in [-0.39, 0.29) is 18.5 Å². The Morgan fingerprint density at radius 3 is 2.56 bits per heavy atom. The molecule has 2 nitrogen and oxygen atoms in total. The second-order valence-electron chi connectivity index (χ2n) is 2.32. The molecule has 1 saturated heterocycles. The summed E-state index contributed by atoms with van der Waals surface area (Å²) in [4.78, 5) is 0. The maximum Gasteiger partial charge on any atom is 0.0705 e. The maximum atomic E-state index is 9.13. The molecule has 0 saturated carbocycles. The third-order valence-electron chi connectivity index (χ3n) is 1.75. The quantitative estimate of drug-likeness (QED) is 0.574. The topological polar surface area (TPSA) is 32.3 Å². The van der Waals surface area contributed by atoms with Gasteiger partial charge in [0, 0.05) is 6.04 Å². The second kappa shape index (κ2) is 4.09. The number of hydrogen-bond donors (Lipinski definition) is 2. The van der Waals surface area contributed by atoms with Gasteiger partial charge in [-0.3, -0.25) is 0 Å². The number of rotatable bonds is 1. The molecule has 0 radical (unpaired) electrons. The minimum Gasteiger partial charge on any atom is -0.391 e. The number of halogens is 1. The van der Waals surface area contributed by atoms with Crippen LogP contribution in [0.5, 0.6) is 0 Å². The van der Waals surface area contributed by atoms with Crippen molar-refractivity contribution in [1.82, 2.24) is 5.32 Å². The lowest BCUT2D eigenvalue weighted by atomic mass is 10.1. The van der Waals surface area contributed by atoms with Gasteiger partial charge in [-0.15, -0.1) is 12.4 Å². The predicted molar refractivity (Wildman–Crippen MR) is 40.0 cm³/mol. The number of aliphatic hydroxyl groups excluding tert-OH is 1. The third-order valence-corrected chi connectivity index (χ3v) is 1.75. The largest absolute Gasteiger partial charge is 0.391 e. The Hall–Kier alpha value is 0.210. The molecule has 0 aromatic rings. The highest BCUT2D eigenvalue weighted by atomic mass is 35.5. The van der Waals surface area contributed by atoms with Crippen molar-refractivity contribution in [3.8, 4) is 0 Å². The highest BCUT2D eigenvalue weighted by Gasteiger charge is 2.21. The highest BCUT2D eigenvalue weighted by molar-refractivity contribution is 5.85. The van der Waals surface area contributed by atoms with E-state index in [4.69, 9.17) is 5.11 Å². The summed E-state index contributed by atoms with van der Waals surface area (Å²) in [5.41, 5.74) is 0. The molecule has 1 heterocycles. The molecule has 56 valence electrons. The van der Waals surface area contributed by atoms with Gasteiger partial charge < -0.3 is 10.4 Å². The molecule has 1 fully saturated rings. The molecule has 3 heteroatoms. The minimum atomic E-state index is -0.0833. The fourth-order valence-electron chi connectivity index (χ4n) is 1.17. The van der Waals surface area contributed by atoms with E-state index in [1.54, 1.807) is 0 Å². The van der Waals surface area contributed by atoms with Crippen LogP contribution in [0.25, 0.3) is 0 Å². The molecule has 1 rings (SSSR count). The normalized spacial score (nSPS) is 34.0. The first-order valence-corrected chi connectivity index (χ1v) is 3.26. The zero-order valence-corrected chi connectivity index (χ0v) is 6.45. The van der Waals surface area contributed by atoms with Crippen LogP contribution in [0, 0.1) is 0 Å².